The van der Waals surface area contributed by atoms with Gasteiger partial charge < -0.3 is 4.74 Å². The Morgan fingerprint density at radius 3 is 2.27 bits per heavy atom. The van der Waals surface area contributed by atoms with Crippen molar-refractivity contribution in [2.24, 2.45) is 0 Å². The first-order valence-corrected chi connectivity index (χ1v) is 3.35. The average Bonchev–Trinajstić information content (AvgIpc) is 2.05. The molecule has 0 aliphatic carbocycles. The standard InChI is InChI=1S/C9H12O2/c1-4-8(5-2)9(6-3)11-7-10/h4-7H,1H2,2-3H3/b8-5-,9-6+. The first kappa shape index (κ1) is 9.69. The Kier molecular flexibility index (Phi) is 4.82. The summed E-state index contributed by atoms with van der Waals surface area (Å²) in [5.41, 5.74) is 0.819. The molecule has 0 amide bonds. The van der Waals surface area contributed by atoms with Gasteiger partial charge in [-0.15, -0.1) is 0 Å². The van der Waals surface area contributed by atoms with Gasteiger partial charge in [0, 0.05) is 5.57 Å². The Morgan fingerprint density at radius 2 is 2.00 bits per heavy atom. The van der Waals surface area contributed by atoms with Gasteiger partial charge in [-0.1, -0.05) is 18.7 Å². The lowest BCUT2D eigenvalue weighted by atomic mass is 10.2. The van der Waals surface area contributed by atoms with Crippen molar-refractivity contribution >= 4 is 6.47 Å². The van der Waals surface area contributed by atoms with Crippen LogP contribution in [0.1, 0.15) is 13.8 Å². The van der Waals surface area contributed by atoms with Crippen LogP contribution in [-0.2, 0) is 9.53 Å². The fourth-order valence-electron chi connectivity index (χ4n) is 0.715. The first-order chi connectivity index (χ1) is 5.29. The smallest absolute Gasteiger partial charge is 0.298 e. The van der Waals surface area contributed by atoms with E-state index in [0.717, 1.165) is 5.57 Å². The molecule has 0 aliphatic rings. The third-order valence-electron chi connectivity index (χ3n) is 1.25. The maximum atomic E-state index is 9.99. The molecule has 11 heavy (non-hydrogen) atoms. The quantitative estimate of drug-likeness (QED) is 0.350. The maximum Gasteiger partial charge on any atom is 0.298 e. The van der Waals surface area contributed by atoms with Crippen LogP contribution in [0.25, 0.3) is 0 Å². The maximum absolute atomic E-state index is 9.99. The molecule has 0 rings (SSSR count). The van der Waals surface area contributed by atoms with Crippen LogP contribution >= 0.6 is 0 Å². The number of allylic oxidation sites excluding steroid dienone is 3. The van der Waals surface area contributed by atoms with Crippen LogP contribution < -0.4 is 0 Å². The van der Waals surface area contributed by atoms with Crippen LogP contribution in [0.2, 0.25) is 0 Å². The number of ether oxygens (including phenoxy) is 1. The molecule has 2 nitrogen and oxygen atoms in total. The fraction of sp³-hybridized carbons (Fsp3) is 0.222. The van der Waals surface area contributed by atoms with E-state index in [2.05, 4.69) is 11.3 Å². The lowest BCUT2D eigenvalue weighted by molar-refractivity contribution is -0.124. The minimum atomic E-state index is 0.405. The summed E-state index contributed by atoms with van der Waals surface area (Å²) in [5, 5.41) is 0. The topological polar surface area (TPSA) is 26.3 Å². The second-order valence-electron chi connectivity index (χ2n) is 1.82. The summed E-state index contributed by atoms with van der Waals surface area (Å²) in [7, 11) is 0. The van der Waals surface area contributed by atoms with E-state index in [9.17, 15) is 4.79 Å². The Balaban J connectivity index is 4.49. The molecule has 0 fully saturated rings. The SMILES string of the molecule is C=CC(=C/C)/C(=C\C)OC=O. The zero-order valence-electron chi connectivity index (χ0n) is 6.83. The third kappa shape index (κ3) is 2.85. The van der Waals surface area contributed by atoms with E-state index >= 15 is 0 Å². The molecule has 60 valence electrons. The van der Waals surface area contributed by atoms with Crippen molar-refractivity contribution in [3.05, 3.63) is 36.1 Å². The van der Waals surface area contributed by atoms with E-state index in [1.807, 2.05) is 13.0 Å². The van der Waals surface area contributed by atoms with Crippen LogP contribution in [-0.4, -0.2) is 6.47 Å². The Morgan fingerprint density at radius 1 is 1.36 bits per heavy atom. The summed E-state index contributed by atoms with van der Waals surface area (Å²) in [6, 6.07) is 0. The van der Waals surface area contributed by atoms with E-state index in [4.69, 9.17) is 0 Å². The van der Waals surface area contributed by atoms with Gasteiger partial charge in [0.2, 0.25) is 0 Å². The minimum Gasteiger partial charge on any atom is -0.428 e. The normalized spacial score (nSPS) is 12.5. The fourth-order valence-corrected chi connectivity index (χ4v) is 0.715. The zero-order chi connectivity index (χ0) is 8.69. The van der Waals surface area contributed by atoms with Crippen LogP contribution in [0.5, 0.6) is 0 Å². The summed E-state index contributed by atoms with van der Waals surface area (Å²) in [5.74, 6) is 0.539. The van der Waals surface area contributed by atoms with Gasteiger partial charge in [0.05, 0.1) is 0 Å². The molecule has 0 bridgehead atoms. The highest BCUT2D eigenvalue weighted by molar-refractivity contribution is 5.46. The van der Waals surface area contributed by atoms with Crippen molar-refractivity contribution in [1.29, 1.82) is 0 Å². The lowest BCUT2D eigenvalue weighted by Crippen LogP contribution is -1.91. The largest absolute Gasteiger partial charge is 0.428 e. The van der Waals surface area contributed by atoms with Gasteiger partial charge in [0.25, 0.3) is 6.47 Å². The molecule has 0 radical (unpaired) electrons. The van der Waals surface area contributed by atoms with Crippen molar-refractivity contribution in [3.63, 3.8) is 0 Å². The zero-order valence-corrected chi connectivity index (χ0v) is 6.83. The average molecular weight is 152 g/mol. The monoisotopic (exact) mass is 152 g/mol. The Hall–Kier alpha value is -1.31. The molecule has 0 unspecified atom stereocenters. The molecule has 0 saturated carbocycles. The van der Waals surface area contributed by atoms with Crippen molar-refractivity contribution in [2.75, 3.05) is 0 Å². The first-order valence-electron chi connectivity index (χ1n) is 3.35. The molecule has 0 spiro atoms. The highest BCUT2D eigenvalue weighted by Gasteiger charge is 1.98. The third-order valence-corrected chi connectivity index (χ3v) is 1.25. The molecule has 0 aliphatic heterocycles. The van der Waals surface area contributed by atoms with Gasteiger partial charge in [-0.05, 0) is 19.9 Å². The number of rotatable bonds is 4. The summed E-state index contributed by atoms with van der Waals surface area (Å²) >= 11 is 0. The minimum absolute atomic E-state index is 0.405. The van der Waals surface area contributed by atoms with Crippen LogP contribution in [0.3, 0.4) is 0 Å². The van der Waals surface area contributed by atoms with Gasteiger partial charge in [-0.25, -0.2) is 0 Å². The predicted molar refractivity (Wildman–Crippen MR) is 44.9 cm³/mol. The second-order valence-corrected chi connectivity index (χ2v) is 1.82. The van der Waals surface area contributed by atoms with E-state index in [0.29, 0.717) is 12.2 Å². The van der Waals surface area contributed by atoms with E-state index < -0.39 is 0 Å². The molecule has 0 N–H and O–H groups in total. The highest BCUT2D eigenvalue weighted by Crippen LogP contribution is 2.10. The molecule has 0 heterocycles. The van der Waals surface area contributed by atoms with E-state index in [1.165, 1.54) is 0 Å². The van der Waals surface area contributed by atoms with Gasteiger partial charge in [-0.2, -0.15) is 0 Å². The molecule has 0 aromatic rings. The van der Waals surface area contributed by atoms with Gasteiger partial charge in [0.1, 0.15) is 5.76 Å². The molecule has 0 aromatic heterocycles. The Labute approximate surface area is 66.9 Å². The van der Waals surface area contributed by atoms with Gasteiger partial charge >= 0.3 is 0 Å². The summed E-state index contributed by atoms with van der Waals surface area (Å²) in [6.07, 6.45) is 5.18. The summed E-state index contributed by atoms with van der Waals surface area (Å²) in [4.78, 5) is 9.99. The molecule has 0 atom stereocenters. The van der Waals surface area contributed by atoms with Crippen LogP contribution in [0.4, 0.5) is 0 Å². The number of hydrogen-bond donors (Lipinski definition) is 0. The highest BCUT2D eigenvalue weighted by atomic mass is 16.5. The summed E-state index contributed by atoms with van der Waals surface area (Å²) < 4.78 is 4.68. The van der Waals surface area contributed by atoms with Gasteiger partial charge in [0.15, 0.2) is 0 Å². The van der Waals surface area contributed by atoms with Crippen molar-refractivity contribution in [3.8, 4) is 0 Å². The van der Waals surface area contributed by atoms with E-state index in [-0.39, 0.29) is 0 Å². The predicted octanol–water partition coefficient (Wildman–Crippen LogP) is 2.20. The van der Waals surface area contributed by atoms with Crippen molar-refractivity contribution in [1.82, 2.24) is 0 Å². The van der Waals surface area contributed by atoms with Crippen LogP contribution in [0.15, 0.2) is 36.1 Å². The molecular weight excluding hydrogens is 140 g/mol. The number of carbonyl (C=O) groups excluding carboxylic acids is 1. The molecular formula is C9H12O2. The molecule has 2 heteroatoms. The van der Waals surface area contributed by atoms with E-state index in [1.54, 1.807) is 19.1 Å². The van der Waals surface area contributed by atoms with Crippen molar-refractivity contribution in [2.45, 2.75) is 13.8 Å². The second kappa shape index (κ2) is 5.47. The Bertz CT molecular complexity index is 200. The number of carbonyl (C=O) groups is 1. The molecule has 0 saturated heterocycles. The number of hydrogen-bond acceptors (Lipinski definition) is 2. The molecule has 0 aromatic carbocycles. The van der Waals surface area contributed by atoms with Crippen molar-refractivity contribution < 1.29 is 9.53 Å². The van der Waals surface area contributed by atoms with Crippen LogP contribution in [0, 0.1) is 0 Å². The van der Waals surface area contributed by atoms with Gasteiger partial charge in [-0.3, -0.25) is 4.79 Å². The lowest BCUT2D eigenvalue weighted by Gasteiger charge is -2.02. The summed E-state index contributed by atoms with van der Waals surface area (Å²) in [6.45, 7) is 7.64.